The van der Waals surface area contributed by atoms with E-state index in [9.17, 15) is 9.59 Å². The van der Waals surface area contributed by atoms with Crippen molar-refractivity contribution in [2.75, 3.05) is 39.4 Å². The highest BCUT2D eigenvalue weighted by Gasteiger charge is 2.31. The molecular weight excluding hydrogens is 284 g/mol. The predicted octanol–water partition coefficient (Wildman–Crippen LogP) is -0.366. The number of hydrogen-bond acceptors (Lipinski definition) is 5. The first kappa shape index (κ1) is 17.2. The molecule has 0 spiro atoms. The Morgan fingerprint density at radius 2 is 2.36 bits per heavy atom. The van der Waals surface area contributed by atoms with E-state index < -0.39 is 0 Å². The van der Waals surface area contributed by atoms with Gasteiger partial charge >= 0.3 is 0 Å². The summed E-state index contributed by atoms with van der Waals surface area (Å²) in [5.41, 5.74) is 5.55. The minimum atomic E-state index is 0.0266. The molecule has 2 saturated heterocycles. The first-order valence-corrected chi connectivity index (χ1v) is 8.32. The summed E-state index contributed by atoms with van der Waals surface area (Å²) in [5, 5.41) is 3.00. The number of carbonyl (C=O) groups is 2. The van der Waals surface area contributed by atoms with Crippen LogP contribution in [0, 0.1) is 5.92 Å². The van der Waals surface area contributed by atoms with Crippen molar-refractivity contribution < 1.29 is 14.3 Å². The van der Waals surface area contributed by atoms with Crippen LogP contribution in [0.3, 0.4) is 0 Å². The molecule has 0 aromatic carbocycles. The highest BCUT2D eigenvalue weighted by Crippen LogP contribution is 2.20. The fourth-order valence-electron chi connectivity index (χ4n) is 3.09. The standard InChI is InChI=1S/C15H28N4O3/c1-2-22-8-4-6-16-15(21)12-5-3-7-19(11-12)13-9-14(20)18-17-10-13/h12-13,17H,2-11H2,1H3,(H,16,21)(H,18,20). The second-order valence-corrected chi connectivity index (χ2v) is 5.96. The second-order valence-electron chi connectivity index (χ2n) is 5.96. The Balaban J connectivity index is 1.72. The molecule has 2 aliphatic rings. The van der Waals surface area contributed by atoms with Gasteiger partial charge in [-0.2, -0.15) is 0 Å². The topological polar surface area (TPSA) is 82.7 Å². The maximum atomic E-state index is 12.2. The van der Waals surface area contributed by atoms with Gasteiger partial charge in [-0.05, 0) is 32.7 Å². The van der Waals surface area contributed by atoms with E-state index in [4.69, 9.17) is 4.74 Å². The van der Waals surface area contributed by atoms with Gasteiger partial charge in [0.25, 0.3) is 0 Å². The van der Waals surface area contributed by atoms with Crippen LogP contribution in [0.25, 0.3) is 0 Å². The van der Waals surface area contributed by atoms with E-state index in [1.807, 2.05) is 6.92 Å². The molecule has 2 rings (SSSR count). The highest BCUT2D eigenvalue weighted by molar-refractivity contribution is 5.79. The number of nitrogens with zero attached hydrogens (tertiary/aromatic N) is 1. The van der Waals surface area contributed by atoms with Crippen LogP contribution in [0.5, 0.6) is 0 Å². The number of hydrazine groups is 1. The summed E-state index contributed by atoms with van der Waals surface area (Å²) >= 11 is 0. The summed E-state index contributed by atoms with van der Waals surface area (Å²) in [6.45, 7) is 6.50. The smallest absolute Gasteiger partial charge is 0.235 e. The minimum Gasteiger partial charge on any atom is -0.382 e. The molecule has 7 heteroatoms. The van der Waals surface area contributed by atoms with Crippen LogP contribution in [0.2, 0.25) is 0 Å². The first-order valence-electron chi connectivity index (χ1n) is 8.32. The lowest BCUT2D eigenvalue weighted by molar-refractivity contribution is -0.128. The molecule has 2 aliphatic heterocycles. The van der Waals surface area contributed by atoms with Crippen molar-refractivity contribution >= 4 is 11.8 Å². The lowest BCUT2D eigenvalue weighted by atomic mass is 9.95. The third-order valence-electron chi connectivity index (χ3n) is 4.30. The Kier molecular flexibility index (Phi) is 7.08. The summed E-state index contributed by atoms with van der Waals surface area (Å²) in [7, 11) is 0. The van der Waals surface area contributed by atoms with Gasteiger partial charge in [0, 0.05) is 45.3 Å². The summed E-state index contributed by atoms with van der Waals surface area (Å²) < 4.78 is 5.26. The monoisotopic (exact) mass is 312 g/mol. The van der Waals surface area contributed by atoms with Gasteiger partial charge in [0.2, 0.25) is 11.8 Å². The third kappa shape index (κ3) is 5.23. The van der Waals surface area contributed by atoms with E-state index in [0.29, 0.717) is 26.2 Å². The molecule has 0 aliphatic carbocycles. The van der Waals surface area contributed by atoms with E-state index in [1.54, 1.807) is 0 Å². The molecule has 0 aromatic heterocycles. The van der Waals surface area contributed by atoms with Gasteiger partial charge in [0.15, 0.2) is 0 Å². The number of piperidine rings is 1. The normalized spacial score (nSPS) is 26.5. The number of amides is 2. The molecule has 0 bridgehead atoms. The molecule has 2 heterocycles. The second kappa shape index (κ2) is 9.07. The summed E-state index contributed by atoms with van der Waals surface area (Å²) in [5.74, 6) is 0.194. The Morgan fingerprint density at radius 3 is 3.14 bits per heavy atom. The van der Waals surface area contributed by atoms with Gasteiger partial charge in [-0.3, -0.25) is 19.9 Å². The average molecular weight is 312 g/mol. The fourth-order valence-corrected chi connectivity index (χ4v) is 3.09. The van der Waals surface area contributed by atoms with E-state index in [2.05, 4.69) is 21.1 Å². The van der Waals surface area contributed by atoms with Gasteiger partial charge < -0.3 is 10.1 Å². The van der Waals surface area contributed by atoms with Crippen LogP contribution < -0.4 is 16.2 Å². The molecule has 2 amide bonds. The van der Waals surface area contributed by atoms with Gasteiger partial charge in [-0.25, -0.2) is 5.43 Å². The molecule has 0 radical (unpaired) electrons. The van der Waals surface area contributed by atoms with Crippen molar-refractivity contribution in [3.05, 3.63) is 0 Å². The number of rotatable bonds is 7. The summed E-state index contributed by atoms with van der Waals surface area (Å²) in [6.07, 6.45) is 3.30. The zero-order valence-electron chi connectivity index (χ0n) is 13.4. The zero-order valence-corrected chi connectivity index (χ0v) is 13.4. The molecule has 0 aromatic rings. The average Bonchev–Trinajstić information content (AvgIpc) is 2.54. The summed E-state index contributed by atoms with van der Waals surface area (Å²) in [6, 6.07) is 0.197. The van der Waals surface area contributed by atoms with E-state index in [1.165, 1.54) is 0 Å². The van der Waals surface area contributed by atoms with E-state index >= 15 is 0 Å². The number of nitrogens with one attached hydrogen (secondary N) is 3. The molecule has 7 nitrogen and oxygen atoms in total. The number of hydrogen-bond donors (Lipinski definition) is 3. The molecule has 2 atom stereocenters. The Morgan fingerprint density at radius 1 is 1.50 bits per heavy atom. The molecule has 2 fully saturated rings. The number of likely N-dealkylation sites (tertiary alicyclic amines) is 1. The van der Waals surface area contributed by atoms with Gasteiger partial charge in [-0.15, -0.1) is 0 Å². The van der Waals surface area contributed by atoms with Crippen LogP contribution in [-0.4, -0.2) is 62.1 Å². The lowest BCUT2D eigenvalue weighted by Crippen LogP contribution is -2.57. The highest BCUT2D eigenvalue weighted by atomic mass is 16.5. The maximum absolute atomic E-state index is 12.2. The molecular formula is C15H28N4O3. The fraction of sp³-hybridized carbons (Fsp3) is 0.867. The van der Waals surface area contributed by atoms with Crippen molar-refractivity contribution in [1.82, 2.24) is 21.1 Å². The molecule has 3 N–H and O–H groups in total. The van der Waals surface area contributed by atoms with Crippen molar-refractivity contribution in [3.8, 4) is 0 Å². The van der Waals surface area contributed by atoms with Crippen molar-refractivity contribution in [2.24, 2.45) is 5.92 Å². The molecule has 22 heavy (non-hydrogen) atoms. The maximum Gasteiger partial charge on any atom is 0.235 e. The van der Waals surface area contributed by atoms with Crippen LogP contribution in [-0.2, 0) is 14.3 Å². The van der Waals surface area contributed by atoms with Gasteiger partial charge in [-0.1, -0.05) is 0 Å². The number of carbonyl (C=O) groups excluding carboxylic acids is 2. The SMILES string of the molecule is CCOCCCNC(=O)C1CCCN(C2CNNC(=O)C2)C1. The Hall–Kier alpha value is -1.18. The molecule has 126 valence electrons. The molecule has 0 saturated carbocycles. The third-order valence-corrected chi connectivity index (χ3v) is 4.30. The Labute approximate surface area is 132 Å². The minimum absolute atomic E-state index is 0.0266. The zero-order chi connectivity index (χ0) is 15.8. The lowest BCUT2D eigenvalue weighted by Gasteiger charge is -2.39. The van der Waals surface area contributed by atoms with Gasteiger partial charge in [0.05, 0.1) is 5.92 Å². The number of ether oxygens (including phenoxy) is 1. The quantitative estimate of drug-likeness (QED) is 0.559. The van der Waals surface area contributed by atoms with Crippen LogP contribution in [0.1, 0.15) is 32.6 Å². The van der Waals surface area contributed by atoms with Crippen LogP contribution in [0.15, 0.2) is 0 Å². The van der Waals surface area contributed by atoms with Crippen molar-refractivity contribution in [1.29, 1.82) is 0 Å². The van der Waals surface area contributed by atoms with E-state index in [0.717, 1.165) is 38.9 Å². The largest absolute Gasteiger partial charge is 0.382 e. The Bertz CT molecular complexity index is 378. The first-order chi connectivity index (χ1) is 10.7. The van der Waals surface area contributed by atoms with Crippen molar-refractivity contribution in [3.63, 3.8) is 0 Å². The summed E-state index contributed by atoms with van der Waals surface area (Å²) in [4.78, 5) is 26.0. The predicted molar refractivity (Wildman–Crippen MR) is 83.0 cm³/mol. The van der Waals surface area contributed by atoms with Gasteiger partial charge in [0.1, 0.15) is 0 Å². The van der Waals surface area contributed by atoms with Crippen molar-refractivity contribution in [2.45, 2.75) is 38.6 Å². The molecule has 2 unspecified atom stereocenters. The van der Waals surface area contributed by atoms with Crippen LogP contribution >= 0.6 is 0 Å². The van der Waals surface area contributed by atoms with E-state index in [-0.39, 0.29) is 23.8 Å². The van der Waals surface area contributed by atoms with Crippen LogP contribution in [0.4, 0.5) is 0 Å².